The summed E-state index contributed by atoms with van der Waals surface area (Å²) >= 11 is 3.86. The van der Waals surface area contributed by atoms with Crippen molar-refractivity contribution in [2.24, 2.45) is 0 Å². The Morgan fingerprint density at radius 2 is 1.77 bits per heavy atom. The number of hydrogen-bond acceptors (Lipinski definition) is 4. The number of rotatable bonds is 5. The van der Waals surface area contributed by atoms with Gasteiger partial charge < -0.3 is 5.11 Å². The highest BCUT2D eigenvalue weighted by Gasteiger charge is 2.37. The van der Waals surface area contributed by atoms with Gasteiger partial charge in [-0.05, 0) is 23.8 Å². The standard InChI is InChI=1S/C21H12BrF3N2O2S/c22-14-8-6-12(7-9-14)17-10-16(21(23,24)25)15(11-26)19(27-17)30-18(20(28)29)13-4-2-1-3-5-13/h1-10,18H,(H,28,29). The summed E-state index contributed by atoms with van der Waals surface area (Å²) in [4.78, 5) is 16.0. The minimum atomic E-state index is -4.81. The van der Waals surface area contributed by atoms with Crippen molar-refractivity contribution in [1.29, 1.82) is 5.26 Å². The van der Waals surface area contributed by atoms with Gasteiger partial charge in [-0.15, -0.1) is 0 Å². The van der Waals surface area contributed by atoms with Crippen LogP contribution in [0.2, 0.25) is 0 Å². The predicted octanol–water partition coefficient (Wildman–Crippen LogP) is 6.32. The fourth-order valence-electron chi connectivity index (χ4n) is 2.71. The Morgan fingerprint density at radius 1 is 1.13 bits per heavy atom. The quantitative estimate of drug-likeness (QED) is 0.421. The van der Waals surface area contributed by atoms with E-state index in [0.717, 1.165) is 10.5 Å². The summed E-state index contributed by atoms with van der Waals surface area (Å²) < 4.78 is 41.8. The largest absolute Gasteiger partial charge is 0.480 e. The summed E-state index contributed by atoms with van der Waals surface area (Å²) in [6.07, 6.45) is -4.81. The van der Waals surface area contributed by atoms with Gasteiger partial charge in [0.2, 0.25) is 0 Å². The van der Waals surface area contributed by atoms with E-state index in [1.165, 1.54) is 0 Å². The number of alkyl halides is 3. The Balaban J connectivity index is 2.18. The maximum atomic E-state index is 13.7. The molecule has 152 valence electrons. The average molecular weight is 493 g/mol. The van der Waals surface area contributed by atoms with Crippen molar-refractivity contribution in [2.75, 3.05) is 0 Å². The van der Waals surface area contributed by atoms with E-state index in [-0.39, 0.29) is 10.7 Å². The van der Waals surface area contributed by atoms with Crippen LogP contribution in [0.1, 0.15) is 21.9 Å². The fraction of sp³-hybridized carbons (Fsp3) is 0.0952. The van der Waals surface area contributed by atoms with Gasteiger partial charge >= 0.3 is 12.1 Å². The smallest absolute Gasteiger partial charge is 0.417 e. The number of nitrogens with zero attached hydrogens (tertiary/aromatic N) is 2. The van der Waals surface area contributed by atoms with E-state index in [2.05, 4.69) is 20.9 Å². The summed E-state index contributed by atoms with van der Waals surface area (Å²) in [5.74, 6) is -1.25. The highest BCUT2D eigenvalue weighted by Crippen LogP contribution is 2.42. The fourth-order valence-corrected chi connectivity index (χ4v) is 4.01. The molecule has 0 aliphatic carbocycles. The first-order chi connectivity index (χ1) is 14.2. The van der Waals surface area contributed by atoms with E-state index in [1.54, 1.807) is 60.7 Å². The zero-order valence-electron chi connectivity index (χ0n) is 15.0. The third-order valence-electron chi connectivity index (χ3n) is 4.10. The molecule has 0 amide bonds. The number of pyridine rings is 1. The van der Waals surface area contributed by atoms with Gasteiger partial charge in [0.25, 0.3) is 0 Å². The Labute approximate surface area is 182 Å². The summed E-state index contributed by atoms with van der Waals surface area (Å²) in [5, 5.41) is 17.5. The average Bonchev–Trinajstić information content (AvgIpc) is 2.71. The van der Waals surface area contributed by atoms with Crippen LogP contribution >= 0.6 is 27.7 Å². The van der Waals surface area contributed by atoms with Crippen molar-refractivity contribution < 1.29 is 23.1 Å². The molecule has 3 aromatic rings. The number of hydrogen-bond donors (Lipinski definition) is 1. The number of thioether (sulfide) groups is 1. The third-order valence-corrected chi connectivity index (χ3v) is 5.86. The number of benzene rings is 2. The highest BCUT2D eigenvalue weighted by molar-refractivity contribution is 9.10. The lowest BCUT2D eigenvalue weighted by Gasteiger charge is -2.17. The zero-order valence-corrected chi connectivity index (χ0v) is 17.4. The molecule has 1 atom stereocenters. The molecule has 1 aromatic heterocycles. The van der Waals surface area contributed by atoms with Crippen molar-refractivity contribution in [2.45, 2.75) is 16.5 Å². The number of halogens is 4. The molecule has 9 heteroatoms. The Kier molecular flexibility index (Phi) is 6.48. The molecule has 0 bridgehead atoms. The highest BCUT2D eigenvalue weighted by atomic mass is 79.9. The monoisotopic (exact) mass is 492 g/mol. The van der Waals surface area contributed by atoms with Crippen LogP contribution in [0.15, 0.2) is 70.2 Å². The first-order valence-corrected chi connectivity index (χ1v) is 10.1. The van der Waals surface area contributed by atoms with Crippen LogP contribution in [0.3, 0.4) is 0 Å². The van der Waals surface area contributed by atoms with Gasteiger partial charge in [0, 0.05) is 10.0 Å². The number of nitriles is 1. The molecule has 30 heavy (non-hydrogen) atoms. The van der Waals surface area contributed by atoms with Gasteiger partial charge in [0.05, 0.1) is 16.8 Å². The van der Waals surface area contributed by atoms with Gasteiger partial charge in [-0.25, -0.2) is 4.98 Å². The molecule has 0 aliphatic rings. The molecule has 0 spiro atoms. The number of carbonyl (C=O) groups is 1. The Morgan fingerprint density at radius 3 is 2.30 bits per heavy atom. The van der Waals surface area contributed by atoms with Crippen LogP contribution < -0.4 is 0 Å². The maximum absolute atomic E-state index is 13.7. The van der Waals surface area contributed by atoms with Gasteiger partial charge in [0.15, 0.2) is 0 Å². The number of carboxylic acids is 1. The summed E-state index contributed by atoms with van der Waals surface area (Å²) in [5.41, 5.74) is -1.08. The minimum absolute atomic E-state index is 0.00599. The number of carboxylic acid groups (broad SMARTS) is 1. The van der Waals surface area contributed by atoms with Crippen LogP contribution in [0, 0.1) is 11.3 Å². The van der Waals surface area contributed by atoms with Crippen LogP contribution in [0.25, 0.3) is 11.3 Å². The van der Waals surface area contributed by atoms with Crippen LogP contribution in [0.4, 0.5) is 13.2 Å². The van der Waals surface area contributed by atoms with Crippen molar-refractivity contribution in [3.8, 4) is 17.3 Å². The van der Waals surface area contributed by atoms with Gasteiger partial charge in [-0.1, -0.05) is 70.2 Å². The SMILES string of the molecule is N#Cc1c(C(F)(F)F)cc(-c2ccc(Br)cc2)nc1SC(C(=O)O)c1ccccc1. The molecule has 2 aromatic carbocycles. The second kappa shape index (κ2) is 8.90. The van der Waals surface area contributed by atoms with Gasteiger partial charge in [-0.2, -0.15) is 18.4 Å². The predicted molar refractivity (Wildman–Crippen MR) is 110 cm³/mol. The molecule has 0 radical (unpaired) electrons. The van der Waals surface area contributed by atoms with E-state index >= 15 is 0 Å². The molecule has 0 saturated heterocycles. The first-order valence-electron chi connectivity index (χ1n) is 8.43. The van der Waals surface area contributed by atoms with Crippen LogP contribution in [0.5, 0.6) is 0 Å². The van der Waals surface area contributed by atoms with E-state index in [1.807, 2.05) is 0 Å². The lowest BCUT2D eigenvalue weighted by molar-refractivity contribution is -0.138. The lowest BCUT2D eigenvalue weighted by atomic mass is 10.1. The molecule has 1 N–H and O–H groups in total. The molecule has 0 fully saturated rings. The summed E-state index contributed by atoms with van der Waals surface area (Å²) in [6, 6.07) is 16.9. The molecule has 0 saturated carbocycles. The van der Waals surface area contributed by atoms with E-state index in [0.29, 0.717) is 22.9 Å². The summed E-state index contributed by atoms with van der Waals surface area (Å²) in [6.45, 7) is 0. The molecule has 1 heterocycles. The van der Waals surface area contributed by atoms with Crippen LogP contribution in [-0.2, 0) is 11.0 Å². The van der Waals surface area contributed by atoms with Crippen molar-refractivity contribution in [3.63, 3.8) is 0 Å². The zero-order chi connectivity index (χ0) is 21.9. The molecular weight excluding hydrogens is 481 g/mol. The van der Waals surface area contributed by atoms with E-state index in [4.69, 9.17) is 0 Å². The lowest BCUT2D eigenvalue weighted by Crippen LogP contribution is -2.13. The molecule has 3 rings (SSSR count). The molecule has 1 unspecified atom stereocenters. The molecule has 4 nitrogen and oxygen atoms in total. The Hall–Kier alpha value is -2.83. The normalized spacial score (nSPS) is 12.2. The first kappa shape index (κ1) is 21.9. The third kappa shape index (κ3) is 4.83. The molecular formula is C21H12BrF3N2O2S. The van der Waals surface area contributed by atoms with Gasteiger partial charge in [0.1, 0.15) is 16.3 Å². The van der Waals surface area contributed by atoms with Crippen molar-refractivity contribution in [3.05, 3.63) is 81.8 Å². The topological polar surface area (TPSA) is 74.0 Å². The minimum Gasteiger partial charge on any atom is -0.480 e. The summed E-state index contributed by atoms with van der Waals surface area (Å²) in [7, 11) is 0. The number of aliphatic carboxylic acids is 1. The second-order valence-electron chi connectivity index (χ2n) is 6.10. The van der Waals surface area contributed by atoms with E-state index in [9.17, 15) is 28.3 Å². The number of aromatic nitrogens is 1. The van der Waals surface area contributed by atoms with E-state index < -0.39 is 28.5 Å². The molecule has 0 aliphatic heterocycles. The maximum Gasteiger partial charge on any atom is 0.417 e. The van der Waals surface area contributed by atoms with Crippen molar-refractivity contribution >= 4 is 33.7 Å². The van der Waals surface area contributed by atoms with Gasteiger partial charge in [-0.3, -0.25) is 4.79 Å². The Bertz CT molecular complexity index is 1110. The van der Waals surface area contributed by atoms with Crippen molar-refractivity contribution in [1.82, 2.24) is 4.98 Å². The second-order valence-corrected chi connectivity index (χ2v) is 8.11. The van der Waals surface area contributed by atoms with Crippen LogP contribution in [-0.4, -0.2) is 16.1 Å².